The fourth-order valence-electron chi connectivity index (χ4n) is 3.53. The summed E-state index contributed by atoms with van der Waals surface area (Å²) >= 11 is 0. The van der Waals surface area contributed by atoms with Crippen LogP contribution in [-0.4, -0.2) is 38.0 Å². The zero-order chi connectivity index (χ0) is 26.0. The Kier molecular flexibility index (Phi) is 11.0. The van der Waals surface area contributed by atoms with Gasteiger partial charge in [0, 0.05) is 0 Å². The number of benzene rings is 2. The highest BCUT2D eigenvalue weighted by Gasteiger charge is 2.31. The van der Waals surface area contributed by atoms with E-state index in [1.807, 2.05) is 13.0 Å². The Morgan fingerprint density at radius 2 is 1.77 bits per heavy atom. The maximum absolute atomic E-state index is 13.4. The van der Waals surface area contributed by atoms with Gasteiger partial charge in [0.2, 0.25) is 0 Å². The minimum absolute atomic E-state index is 0.199. The molecular weight excluding hydrogens is 464 g/mol. The van der Waals surface area contributed by atoms with Crippen molar-refractivity contribution >= 4 is 15.8 Å². The van der Waals surface area contributed by atoms with Gasteiger partial charge >= 0.3 is 5.97 Å². The molecule has 0 spiro atoms. The highest BCUT2D eigenvalue weighted by molar-refractivity contribution is 7.92. The number of hydrogen-bond donors (Lipinski definition) is 1. The standard InChI is InChI=1S/C28H38O6S/c1-6-7-8-9-10-27(35(31,32)23-15-11-21(4)12-16-23)24(29)17-13-22-14-18-25(26(19-22)33-5)34-28(30)20(2)3/h9-12,14-16,18-20,24,27,29H,6-8,13,17H2,1-5H3/b10-9+. The molecule has 0 saturated carbocycles. The third-order valence-corrected chi connectivity index (χ3v) is 7.89. The number of sulfone groups is 1. The predicted molar refractivity (Wildman–Crippen MR) is 139 cm³/mol. The smallest absolute Gasteiger partial charge is 0.313 e. The van der Waals surface area contributed by atoms with Gasteiger partial charge in [-0.15, -0.1) is 0 Å². The van der Waals surface area contributed by atoms with E-state index < -0.39 is 21.2 Å². The van der Waals surface area contributed by atoms with E-state index in [2.05, 4.69) is 6.92 Å². The zero-order valence-corrected chi connectivity index (χ0v) is 22.2. The van der Waals surface area contributed by atoms with Crippen LogP contribution in [0.4, 0.5) is 0 Å². The molecule has 0 radical (unpaired) electrons. The van der Waals surface area contributed by atoms with Gasteiger partial charge in [-0.25, -0.2) is 8.42 Å². The fraction of sp³-hybridized carbons (Fsp3) is 0.464. The van der Waals surface area contributed by atoms with Crippen LogP contribution in [0.2, 0.25) is 0 Å². The molecule has 0 aliphatic heterocycles. The van der Waals surface area contributed by atoms with Crippen molar-refractivity contribution in [3.8, 4) is 11.5 Å². The summed E-state index contributed by atoms with van der Waals surface area (Å²) in [5, 5.41) is 9.96. The second-order valence-corrected chi connectivity index (χ2v) is 11.2. The van der Waals surface area contributed by atoms with Crippen molar-refractivity contribution in [1.82, 2.24) is 0 Å². The molecule has 35 heavy (non-hydrogen) atoms. The fourth-order valence-corrected chi connectivity index (χ4v) is 5.23. The summed E-state index contributed by atoms with van der Waals surface area (Å²) in [5.41, 5.74) is 1.81. The molecule has 0 aromatic heterocycles. The van der Waals surface area contributed by atoms with Crippen molar-refractivity contribution in [3.05, 3.63) is 65.7 Å². The van der Waals surface area contributed by atoms with Gasteiger partial charge in [0.25, 0.3) is 0 Å². The molecule has 0 saturated heterocycles. The van der Waals surface area contributed by atoms with E-state index >= 15 is 0 Å². The Hall–Kier alpha value is -2.64. The number of aliphatic hydroxyl groups is 1. The average Bonchev–Trinajstić information content (AvgIpc) is 2.83. The molecule has 2 atom stereocenters. The number of unbranched alkanes of at least 4 members (excludes halogenated alkanes) is 2. The van der Waals surface area contributed by atoms with Gasteiger partial charge in [-0.1, -0.05) is 69.5 Å². The van der Waals surface area contributed by atoms with Gasteiger partial charge in [0.05, 0.1) is 24.0 Å². The predicted octanol–water partition coefficient (Wildman–Crippen LogP) is 5.45. The van der Waals surface area contributed by atoms with Crippen molar-refractivity contribution in [3.63, 3.8) is 0 Å². The van der Waals surface area contributed by atoms with Crippen LogP contribution in [0.25, 0.3) is 0 Å². The summed E-state index contributed by atoms with van der Waals surface area (Å²) in [4.78, 5) is 12.1. The van der Waals surface area contributed by atoms with E-state index in [1.54, 1.807) is 62.4 Å². The van der Waals surface area contributed by atoms with Crippen LogP contribution < -0.4 is 9.47 Å². The van der Waals surface area contributed by atoms with Crippen molar-refractivity contribution in [2.45, 2.75) is 76.0 Å². The number of rotatable bonds is 13. The number of methoxy groups -OCH3 is 1. The Morgan fingerprint density at radius 3 is 2.37 bits per heavy atom. The summed E-state index contributed by atoms with van der Waals surface area (Å²) in [6.07, 6.45) is 5.78. The summed E-state index contributed by atoms with van der Waals surface area (Å²) < 4.78 is 37.5. The lowest BCUT2D eigenvalue weighted by Gasteiger charge is -2.21. The van der Waals surface area contributed by atoms with Crippen LogP contribution in [-0.2, 0) is 21.1 Å². The maximum atomic E-state index is 13.4. The molecule has 0 amide bonds. The molecule has 0 aliphatic carbocycles. The number of carbonyl (C=O) groups is 1. The highest BCUT2D eigenvalue weighted by Crippen LogP contribution is 2.30. The Bertz CT molecular complexity index is 1090. The van der Waals surface area contributed by atoms with Gasteiger partial charge in [0.15, 0.2) is 21.3 Å². The van der Waals surface area contributed by atoms with Gasteiger partial charge in [-0.3, -0.25) is 4.79 Å². The molecule has 0 bridgehead atoms. The van der Waals surface area contributed by atoms with E-state index in [0.717, 1.165) is 30.4 Å². The van der Waals surface area contributed by atoms with Crippen molar-refractivity contribution in [1.29, 1.82) is 0 Å². The second kappa shape index (κ2) is 13.4. The van der Waals surface area contributed by atoms with Crippen LogP contribution in [0.3, 0.4) is 0 Å². The normalized spacial score (nSPS) is 13.7. The zero-order valence-electron chi connectivity index (χ0n) is 21.4. The first-order valence-corrected chi connectivity index (χ1v) is 13.7. The molecule has 2 rings (SSSR count). The molecule has 2 aromatic carbocycles. The molecule has 0 aliphatic rings. The molecule has 192 valence electrons. The molecule has 6 nitrogen and oxygen atoms in total. The summed E-state index contributed by atoms with van der Waals surface area (Å²) in [5.74, 6) is 0.112. The first-order valence-electron chi connectivity index (χ1n) is 12.1. The molecule has 7 heteroatoms. The van der Waals surface area contributed by atoms with E-state index in [4.69, 9.17) is 9.47 Å². The molecule has 2 unspecified atom stereocenters. The van der Waals surface area contributed by atoms with Crippen molar-refractivity contribution in [2.75, 3.05) is 7.11 Å². The number of carbonyl (C=O) groups excluding carboxylic acids is 1. The number of allylic oxidation sites excluding steroid dienone is 1. The van der Waals surface area contributed by atoms with Crippen LogP contribution in [0.1, 0.15) is 57.6 Å². The van der Waals surface area contributed by atoms with Crippen LogP contribution in [0.5, 0.6) is 11.5 Å². The topological polar surface area (TPSA) is 89.9 Å². The second-order valence-electron chi connectivity index (χ2n) is 9.06. The largest absolute Gasteiger partial charge is 0.493 e. The van der Waals surface area contributed by atoms with Crippen molar-refractivity contribution in [2.24, 2.45) is 5.92 Å². The van der Waals surface area contributed by atoms with Crippen LogP contribution in [0, 0.1) is 12.8 Å². The van der Waals surface area contributed by atoms with E-state index in [1.165, 1.54) is 7.11 Å². The lowest BCUT2D eigenvalue weighted by Crippen LogP contribution is -2.33. The van der Waals surface area contributed by atoms with Crippen LogP contribution in [0.15, 0.2) is 59.5 Å². The minimum Gasteiger partial charge on any atom is -0.493 e. The van der Waals surface area contributed by atoms with E-state index in [0.29, 0.717) is 17.9 Å². The average molecular weight is 503 g/mol. The summed E-state index contributed by atoms with van der Waals surface area (Å²) in [6, 6.07) is 11.9. The van der Waals surface area contributed by atoms with Gasteiger partial charge < -0.3 is 14.6 Å². The van der Waals surface area contributed by atoms with Gasteiger partial charge in [-0.2, -0.15) is 0 Å². The van der Waals surface area contributed by atoms with E-state index in [-0.39, 0.29) is 23.2 Å². The third-order valence-electron chi connectivity index (χ3n) is 5.78. The summed E-state index contributed by atoms with van der Waals surface area (Å²) in [7, 11) is -2.28. The van der Waals surface area contributed by atoms with Crippen molar-refractivity contribution < 1.29 is 27.8 Å². The molecule has 0 heterocycles. The molecule has 1 N–H and O–H groups in total. The van der Waals surface area contributed by atoms with Crippen LogP contribution >= 0.6 is 0 Å². The number of esters is 1. The summed E-state index contributed by atoms with van der Waals surface area (Å²) in [6.45, 7) is 7.48. The minimum atomic E-state index is -3.77. The third kappa shape index (κ3) is 8.22. The monoisotopic (exact) mass is 502 g/mol. The number of aliphatic hydroxyl groups excluding tert-OH is 1. The lowest BCUT2D eigenvalue weighted by atomic mass is 10.0. The Morgan fingerprint density at radius 1 is 1.09 bits per heavy atom. The first kappa shape index (κ1) is 28.6. The number of aryl methyl sites for hydroxylation is 2. The SMILES string of the molecule is CCCC/C=C/C(C(O)CCc1ccc(OC(=O)C(C)C)c(OC)c1)S(=O)(=O)c1ccc(C)cc1. The number of hydrogen-bond acceptors (Lipinski definition) is 6. The highest BCUT2D eigenvalue weighted by atomic mass is 32.2. The Labute approximate surface area is 209 Å². The molecular formula is C28H38O6S. The quantitative estimate of drug-likeness (QED) is 0.170. The Balaban J connectivity index is 2.21. The maximum Gasteiger partial charge on any atom is 0.313 e. The van der Waals surface area contributed by atoms with Gasteiger partial charge in [0.1, 0.15) is 5.25 Å². The number of ether oxygens (including phenoxy) is 2. The first-order chi connectivity index (χ1) is 16.6. The van der Waals surface area contributed by atoms with E-state index in [9.17, 15) is 18.3 Å². The molecule has 0 fully saturated rings. The lowest BCUT2D eigenvalue weighted by molar-refractivity contribution is -0.137. The van der Waals surface area contributed by atoms with Gasteiger partial charge in [-0.05, 0) is 56.0 Å². The molecule has 2 aromatic rings.